The summed E-state index contributed by atoms with van der Waals surface area (Å²) in [5, 5.41) is 12.2. The number of hydrogen-bond donors (Lipinski definition) is 1. The van der Waals surface area contributed by atoms with Gasteiger partial charge in [-0.3, -0.25) is 0 Å². The summed E-state index contributed by atoms with van der Waals surface area (Å²) in [6, 6.07) is 8.62. The summed E-state index contributed by atoms with van der Waals surface area (Å²) in [6.07, 6.45) is 0. The van der Waals surface area contributed by atoms with Crippen LogP contribution in [-0.4, -0.2) is 0 Å². The third kappa shape index (κ3) is 3.32. The molecule has 2 nitrogen and oxygen atoms in total. The molecule has 0 aliphatic heterocycles. The second-order valence-electron chi connectivity index (χ2n) is 4.80. The lowest BCUT2D eigenvalue weighted by atomic mass is 10.0. The molecule has 5 heteroatoms. The van der Waals surface area contributed by atoms with Gasteiger partial charge in [0.2, 0.25) is 0 Å². The number of nitrogens with zero attached hydrogens (tertiary/aromatic N) is 1. The van der Waals surface area contributed by atoms with Gasteiger partial charge in [-0.2, -0.15) is 5.26 Å². The molecule has 0 radical (unpaired) electrons. The van der Waals surface area contributed by atoms with Gasteiger partial charge in [-0.25, -0.2) is 8.78 Å². The fraction of sp³-hybridized carbons (Fsp3) is 0.188. The van der Waals surface area contributed by atoms with Crippen LogP contribution in [0.4, 0.5) is 14.5 Å². The third-order valence-electron chi connectivity index (χ3n) is 3.21. The molecule has 2 rings (SSSR count). The van der Waals surface area contributed by atoms with Gasteiger partial charge in [0, 0.05) is 5.56 Å². The number of anilines is 1. The Hall–Kier alpha value is -2.12. The van der Waals surface area contributed by atoms with Crippen LogP contribution in [0.2, 0.25) is 5.02 Å². The number of aryl methyl sites for hydroxylation is 1. The molecule has 0 fully saturated rings. The zero-order valence-corrected chi connectivity index (χ0v) is 12.3. The van der Waals surface area contributed by atoms with Crippen LogP contribution >= 0.6 is 11.6 Å². The highest BCUT2D eigenvalue weighted by molar-refractivity contribution is 6.33. The average Bonchev–Trinajstić information content (AvgIpc) is 2.44. The first-order chi connectivity index (χ1) is 9.92. The molecule has 1 N–H and O–H groups in total. The molecule has 108 valence electrons. The van der Waals surface area contributed by atoms with E-state index >= 15 is 0 Å². The van der Waals surface area contributed by atoms with Gasteiger partial charge in [-0.1, -0.05) is 11.6 Å². The molecule has 1 atom stereocenters. The maximum absolute atomic E-state index is 13.9. The molecule has 0 heterocycles. The van der Waals surface area contributed by atoms with E-state index in [2.05, 4.69) is 5.32 Å². The van der Waals surface area contributed by atoms with Crippen molar-refractivity contribution in [1.29, 1.82) is 5.26 Å². The van der Waals surface area contributed by atoms with Crippen LogP contribution in [0.25, 0.3) is 0 Å². The summed E-state index contributed by atoms with van der Waals surface area (Å²) in [5.41, 5.74) is 1.48. The molecular formula is C16H13ClF2N2. The standard InChI is InChI=1S/C16H13ClF2N2/c1-9-5-15(19)12(7-14(9)18)10(2)21-16-4-3-11(8-20)6-13(16)17/h3-7,10,21H,1-2H3. The van der Waals surface area contributed by atoms with Crippen LogP contribution < -0.4 is 5.32 Å². The van der Waals surface area contributed by atoms with Gasteiger partial charge in [-0.05, 0) is 49.7 Å². The van der Waals surface area contributed by atoms with E-state index in [-0.39, 0.29) is 11.1 Å². The van der Waals surface area contributed by atoms with Crippen molar-refractivity contribution in [1.82, 2.24) is 0 Å². The Morgan fingerprint density at radius 1 is 1.19 bits per heavy atom. The minimum atomic E-state index is -0.473. The third-order valence-corrected chi connectivity index (χ3v) is 3.53. The molecule has 0 aliphatic rings. The lowest BCUT2D eigenvalue weighted by Gasteiger charge is -2.18. The quantitative estimate of drug-likeness (QED) is 0.869. The Morgan fingerprint density at radius 2 is 1.90 bits per heavy atom. The van der Waals surface area contributed by atoms with E-state index in [1.165, 1.54) is 25.1 Å². The number of halogens is 3. The molecule has 0 saturated heterocycles. The van der Waals surface area contributed by atoms with E-state index in [4.69, 9.17) is 16.9 Å². The minimum absolute atomic E-state index is 0.221. The summed E-state index contributed by atoms with van der Waals surface area (Å²) >= 11 is 6.05. The molecule has 2 aromatic carbocycles. The molecule has 0 amide bonds. The number of rotatable bonds is 3. The average molecular weight is 307 g/mol. The van der Waals surface area contributed by atoms with Crippen molar-refractivity contribution in [3.05, 3.63) is 63.7 Å². The van der Waals surface area contributed by atoms with Crippen LogP contribution in [-0.2, 0) is 0 Å². The summed E-state index contributed by atoms with van der Waals surface area (Å²) in [5.74, 6) is -0.926. The highest BCUT2D eigenvalue weighted by Gasteiger charge is 2.15. The largest absolute Gasteiger partial charge is 0.377 e. The van der Waals surface area contributed by atoms with Crippen LogP contribution in [0.15, 0.2) is 30.3 Å². The Bertz CT molecular complexity index is 723. The maximum atomic E-state index is 13.9. The Balaban J connectivity index is 2.28. The Morgan fingerprint density at radius 3 is 2.52 bits per heavy atom. The summed E-state index contributed by atoms with van der Waals surface area (Å²) in [7, 11) is 0. The first-order valence-electron chi connectivity index (χ1n) is 6.34. The Kier molecular flexibility index (Phi) is 4.44. The van der Waals surface area contributed by atoms with Gasteiger partial charge in [0.05, 0.1) is 28.4 Å². The Labute approximate surface area is 127 Å². The minimum Gasteiger partial charge on any atom is -0.377 e. The van der Waals surface area contributed by atoms with Crippen LogP contribution in [0, 0.1) is 29.9 Å². The molecule has 0 aliphatic carbocycles. The molecule has 0 spiro atoms. The van der Waals surface area contributed by atoms with E-state index in [1.54, 1.807) is 19.1 Å². The highest BCUT2D eigenvalue weighted by Crippen LogP contribution is 2.29. The van der Waals surface area contributed by atoms with E-state index in [0.717, 1.165) is 0 Å². The number of hydrogen-bond acceptors (Lipinski definition) is 2. The molecule has 21 heavy (non-hydrogen) atoms. The molecule has 0 aromatic heterocycles. The van der Waals surface area contributed by atoms with Gasteiger partial charge in [0.15, 0.2) is 0 Å². The summed E-state index contributed by atoms with van der Waals surface area (Å²) in [4.78, 5) is 0. The van der Waals surface area contributed by atoms with Crippen molar-refractivity contribution in [2.24, 2.45) is 0 Å². The van der Waals surface area contributed by atoms with Crippen molar-refractivity contribution >= 4 is 17.3 Å². The lowest BCUT2D eigenvalue weighted by Crippen LogP contribution is -2.10. The monoisotopic (exact) mass is 306 g/mol. The molecule has 1 unspecified atom stereocenters. The topological polar surface area (TPSA) is 35.8 Å². The molecule has 0 saturated carbocycles. The van der Waals surface area contributed by atoms with Crippen molar-refractivity contribution in [3.8, 4) is 6.07 Å². The second-order valence-corrected chi connectivity index (χ2v) is 5.20. The van der Waals surface area contributed by atoms with Crippen molar-refractivity contribution in [3.63, 3.8) is 0 Å². The van der Waals surface area contributed by atoms with Gasteiger partial charge in [0.25, 0.3) is 0 Å². The first-order valence-corrected chi connectivity index (χ1v) is 6.72. The van der Waals surface area contributed by atoms with Gasteiger partial charge in [-0.15, -0.1) is 0 Å². The number of nitrogens with one attached hydrogen (secondary N) is 1. The van der Waals surface area contributed by atoms with Crippen molar-refractivity contribution in [2.75, 3.05) is 5.32 Å². The SMILES string of the molecule is Cc1cc(F)c(C(C)Nc2ccc(C#N)cc2Cl)cc1F. The number of benzene rings is 2. The lowest BCUT2D eigenvalue weighted by molar-refractivity contribution is 0.571. The van der Waals surface area contributed by atoms with Crippen LogP contribution in [0.5, 0.6) is 0 Å². The van der Waals surface area contributed by atoms with E-state index in [0.29, 0.717) is 16.3 Å². The zero-order valence-electron chi connectivity index (χ0n) is 11.5. The van der Waals surface area contributed by atoms with Gasteiger partial charge < -0.3 is 5.32 Å². The van der Waals surface area contributed by atoms with Crippen LogP contribution in [0.1, 0.15) is 29.7 Å². The zero-order chi connectivity index (χ0) is 15.6. The molecular weight excluding hydrogens is 294 g/mol. The fourth-order valence-corrected chi connectivity index (χ4v) is 2.24. The normalized spacial score (nSPS) is 11.8. The predicted octanol–water partition coefficient (Wildman–Crippen LogP) is 4.97. The fourth-order valence-electron chi connectivity index (χ4n) is 2.01. The predicted molar refractivity (Wildman–Crippen MR) is 79.3 cm³/mol. The van der Waals surface area contributed by atoms with E-state index < -0.39 is 17.7 Å². The highest BCUT2D eigenvalue weighted by atomic mass is 35.5. The second kappa shape index (κ2) is 6.11. The molecule has 2 aromatic rings. The molecule has 0 bridgehead atoms. The van der Waals surface area contributed by atoms with E-state index in [9.17, 15) is 8.78 Å². The maximum Gasteiger partial charge on any atom is 0.128 e. The van der Waals surface area contributed by atoms with E-state index in [1.807, 2.05) is 6.07 Å². The van der Waals surface area contributed by atoms with Crippen LogP contribution in [0.3, 0.4) is 0 Å². The number of nitriles is 1. The van der Waals surface area contributed by atoms with Gasteiger partial charge >= 0.3 is 0 Å². The van der Waals surface area contributed by atoms with Crippen molar-refractivity contribution < 1.29 is 8.78 Å². The first kappa shape index (κ1) is 15.3. The van der Waals surface area contributed by atoms with Crippen molar-refractivity contribution in [2.45, 2.75) is 19.9 Å². The smallest absolute Gasteiger partial charge is 0.128 e. The summed E-state index contributed by atoms with van der Waals surface area (Å²) < 4.78 is 27.5. The van der Waals surface area contributed by atoms with Gasteiger partial charge in [0.1, 0.15) is 11.6 Å². The summed E-state index contributed by atoms with van der Waals surface area (Å²) in [6.45, 7) is 3.22.